The highest BCUT2D eigenvalue weighted by Crippen LogP contribution is 2.33. The van der Waals surface area contributed by atoms with Gasteiger partial charge in [-0.15, -0.1) is 0 Å². The summed E-state index contributed by atoms with van der Waals surface area (Å²) in [6, 6.07) is 9.30. The molecule has 0 bridgehead atoms. The second-order valence-electron chi connectivity index (χ2n) is 4.19. The molecule has 1 heterocycles. The maximum absolute atomic E-state index is 12.8. The summed E-state index contributed by atoms with van der Waals surface area (Å²) in [5, 5.41) is 2.66. The molecule has 0 atom stereocenters. The molecule has 0 amide bonds. The summed E-state index contributed by atoms with van der Waals surface area (Å²) in [6.07, 6.45) is -4.38. The normalized spacial score (nSPS) is 11.4. The zero-order chi connectivity index (χ0) is 14.0. The van der Waals surface area contributed by atoms with E-state index in [0.717, 1.165) is 17.7 Å². The number of anilines is 1. The molecule has 2 nitrogen and oxygen atoms in total. The van der Waals surface area contributed by atoms with E-state index in [1.165, 1.54) is 0 Å². The molecule has 2 aromatic rings. The number of nitrogens with zero attached hydrogens (tertiary/aromatic N) is 1. The van der Waals surface area contributed by atoms with E-state index in [9.17, 15) is 13.2 Å². The van der Waals surface area contributed by atoms with Gasteiger partial charge in [-0.2, -0.15) is 13.2 Å². The maximum Gasteiger partial charge on any atom is 0.416 e. The van der Waals surface area contributed by atoms with Crippen LogP contribution in [0.4, 0.5) is 19.0 Å². The van der Waals surface area contributed by atoms with Crippen LogP contribution in [-0.2, 0) is 6.18 Å². The van der Waals surface area contributed by atoms with Crippen molar-refractivity contribution in [3.8, 4) is 11.3 Å². The van der Waals surface area contributed by atoms with Crippen molar-refractivity contribution >= 4 is 5.82 Å². The molecule has 0 unspecified atom stereocenters. The molecule has 1 aromatic heterocycles. The van der Waals surface area contributed by atoms with Crippen LogP contribution in [-0.4, -0.2) is 12.0 Å². The smallest absolute Gasteiger partial charge is 0.373 e. The lowest BCUT2D eigenvalue weighted by atomic mass is 10.0. The first kappa shape index (κ1) is 13.4. The first-order valence-corrected chi connectivity index (χ1v) is 5.75. The Morgan fingerprint density at radius 1 is 1.11 bits per heavy atom. The van der Waals surface area contributed by atoms with E-state index in [1.807, 2.05) is 19.1 Å². The average molecular weight is 266 g/mol. The quantitative estimate of drug-likeness (QED) is 0.884. The SMILES string of the molecule is CNc1cc(C(F)(F)F)cc(-c2ccccc2C)n1. The van der Waals surface area contributed by atoms with E-state index in [-0.39, 0.29) is 5.82 Å². The number of nitrogens with one attached hydrogen (secondary N) is 1. The highest BCUT2D eigenvalue weighted by atomic mass is 19.4. The minimum Gasteiger partial charge on any atom is -0.373 e. The molecule has 1 aromatic carbocycles. The second-order valence-corrected chi connectivity index (χ2v) is 4.19. The minimum absolute atomic E-state index is 0.202. The van der Waals surface area contributed by atoms with Gasteiger partial charge in [0.2, 0.25) is 0 Å². The Balaban J connectivity index is 2.61. The molecule has 0 saturated heterocycles. The summed E-state index contributed by atoms with van der Waals surface area (Å²) < 4.78 is 38.5. The Bertz CT molecular complexity index is 591. The number of aryl methyl sites for hydroxylation is 1. The van der Waals surface area contributed by atoms with E-state index >= 15 is 0 Å². The molecule has 0 aliphatic rings. The van der Waals surface area contributed by atoms with Gasteiger partial charge in [-0.25, -0.2) is 4.98 Å². The Morgan fingerprint density at radius 2 is 1.79 bits per heavy atom. The van der Waals surface area contributed by atoms with E-state index in [0.29, 0.717) is 11.3 Å². The van der Waals surface area contributed by atoms with E-state index in [1.54, 1.807) is 19.2 Å². The van der Waals surface area contributed by atoms with Crippen LogP contribution in [0.3, 0.4) is 0 Å². The molecule has 0 spiro atoms. The molecule has 5 heteroatoms. The van der Waals surface area contributed by atoms with Gasteiger partial charge in [-0.1, -0.05) is 24.3 Å². The van der Waals surface area contributed by atoms with Crippen molar-refractivity contribution in [3.63, 3.8) is 0 Å². The van der Waals surface area contributed by atoms with Crippen LogP contribution in [0.5, 0.6) is 0 Å². The van der Waals surface area contributed by atoms with Crippen molar-refractivity contribution in [2.24, 2.45) is 0 Å². The molecule has 0 saturated carbocycles. The maximum atomic E-state index is 12.8. The molecule has 0 aliphatic heterocycles. The van der Waals surface area contributed by atoms with Crippen LogP contribution in [0.2, 0.25) is 0 Å². The fourth-order valence-electron chi connectivity index (χ4n) is 1.82. The van der Waals surface area contributed by atoms with Crippen molar-refractivity contribution in [3.05, 3.63) is 47.5 Å². The Morgan fingerprint density at radius 3 is 2.37 bits per heavy atom. The van der Waals surface area contributed by atoms with Crippen molar-refractivity contribution in [2.75, 3.05) is 12.4 Å². The summed E-state index contributed by atoms with van der Waals surface area (Å²) in [4.78, 5) is 4.19. The van der Waals surface area contributed by atoms with Gasteiger partial charge in [0.25, 0.3) is 0 Å². The molecule has 0 aliphatic carbocycles. The number of pyridine rings is 1. The predicted molar refractivity (Wildman–Crippen MR) is 69.0 cm³/mol. The molecule has 2 rings (SSSR count). The molecule has 1 N–H and O–H groups in total. The van der Waals surface area contributed by atoms with Crippen LogP contribution in [0.25, 0.3) is 11.3 Å². The Hall–Kier alpha value is -2.04. The average Bonchev–Trinajstić information content (AvgIpc) is 2.37. The minimum atomic E-state index is -4.38. The fraction of sp³-hybridized carbons (Fsp3) is 0.214. The Kier molecular flexibility index (Phi) is 3.46. The number of alkyl halides is 3. The van der Waals surface area contributed by atoms with Crippen molar-refractivity contribution in [1.29, 1.82) is 0 Å². The van der Waals surface area contributed by atoms with Gasteiger partial charge >= 0.3 is 6.18 Å². The summed E-state index contributed by atoms with van der Waals surface area (Å²) in [6.45, 7) is 1.84. The third kappa shape index (κ3) is 2.86. The zero-order valence-electron chi connectivity index (χ0n) is 10.5. The Labute approximate surface area is 109 Å². The largest absolute Gasteiger partial charge is 0.416 e. The number of hydrogen-bond acceptors (Lipinski definition) is 2. The molecule has 19 heavy (non-hydrogen) atoms. The van der Waals surface area contributed by atoms with Gasteiger partial charge in [0, 0.05) is 12.6 Å². The van der Waals surface area contributed by atoms with Gasteiger partial charge in [-0.05, 0) is 24.6 Å². The topological polar surface area (TPSA) is 24.9 Å². The predicted octanol–water partition coefficient (Wildman–Crippen LogP) is 4.12. The van der Waals surface area contributed by atoms with Crippen LogP contribution in [0.15, 0.2) is 36.4 Å². The lowest BCUT2D eigenvalue weighted by Gasteiger charge is -2.12. The number of benzene rings is 1. The van der Waals surface area contributed by atoms with Crippen LogP contribution in [0, 0.1) is 6.92 Å². The van der Waals surface area contributed by atoms with E-state index < -0.39 is 11.7 Å². The molecular weight excluding hydrogens is 253 g/mol. The highest BCUT2D eigenvalue weighted by Gasteiger charge is 2.31. The van der Waals surface area contributed by atoms with Crippen molar-refractivity contribution in [2.45, 2.75) is 13.1 Å². The number of halogens is 3. The summed E-state index contributed by atoms with van der Waals surface area (Å²) >= 11 is 0. The third-order valence-electron chi connectivity index (χ3n) is 2.83. The van der Waals surface area contributed by atoms with Gasteiger partial charge in [0.05, 0.1) is 11.3 Å². The second kappa shape index (κ2) is 4.91. The third-order valence-corrected chi connectivity index (χ3v) is 2.83. The van der Waals surface area contributed by atoms with Gasteiger partial charge in [0.15, 0.2) is 0 Å². The van der Waals surface area contributed by atoms with E-state index in [4.69, 9.17) is 0 Å². The lowest BCUT2D eigenvalue weighted by molar-refractivity contribution is -0.137. The number of hydrogen-bond donors (Lipinski definition) is 1. The van der Waals surface area contributed by atoms with Crippen LogP contribution < -0.4 is 5.32 Å². The fourth-order valence-corrected chi connectivity index (χ4v) is 1.82. The standard InChI is InChI=1S/C14H13F3N2/c1-9-5-3-4-6-11(9)12-7-10(14(15,16)17)8-13(18-2)19-12/h3-8H,1-2H3,(H,18,19). The monoisotopic (exact) mass is 266 g/mol. The van der Waals surface area contributed by atoms with Crippen LogP contribution in [0.1, 0.15) is 11.1 Å². The molecule has 0 radical (unpaired) electrons. The summed E-state index contributed by atoms with van der Waals surface area (Å²) in [5.41, 5.74) is 1.20. The highest BCUT2D eigenvalue weighted by molar-refractivity contribution is 5.66. The van der Waals surface area contributed by atoms with Crippen molar-refractivity contribution in [1.82, 2.24) is 4.98 Å². The van der Waals surface area contributed by atoms with E-state index in [2.05, 4.69) is 10.3 Å². The molecule has 100 valence electrons. The number of aromatic nitrogens is 1. The van der Waals surface area contributed by atoms with Gasteiger partial charge < -0.3 is 5.32 Å². The zero-order valence-corrected chi connectivity index (χ0v) is 10.5. The van der Waals surface area contributed by atoms with Gasteiger partial charge in [0.1, 0.15) is 5.82 Å². The lowest BCUT2D eigenvalue weighted by Crippen LogP contribution is -2.07. The first-order chi connectivity index (χ1) is 8.91. The number of rotatable bonds is 2. The summed E-state index contributed by atoms with van der Waals surface area (Å²) in [5.74, 6) is 0.202. The van der Waals surface area contributed by atoms with Crippen LogP contribution >= 0.6 is 0 Å². The van der Waals surface area contributed by atoms with Gasteiger partial charge in [-0.3, -0.25) is 0 Å². The van der Waals surface area contributed by atoms with Crippen molar-refractivity contribution < 1.29 is 13.2 Å². The summed E-state index contributed by atoms with van der Waals surface area (Å²) in [7, 11) is 1.55. The first-order valence-electron chi connectivity index (χ1n) is 5.75. The molecule has 0 fully saturated rings. The molecular formula is C14H13F3N2.